The minimum Gasteiger partial charge on any atom is -0.392 e. The van der Waals surface area contributed by atoms with Crippen molar-refractivity contribution >= 4 is 26.0 Å². The average Bonchev–Trinajstić information content (AvgIpc) is 2.30. The van der Waals surface area contributed by atoms with Gasteiger partial charge in [-0.1, -0.05) is 6.07 Å². The van der Waals surface area contributed by atoms with Crippen molar-refractivity contribution in [2.75, 3.05) is 13.7 Å². The fourth-order valence-corrected chi connectivity index (χ4v) is 4.37. The summed E-state index contributed by atoms with van der Waals surface area (Å²) >= 11 is 3.29. The lowest BCUT2D eigenvalue weighted by molar-refractivity contribution is 0.141. The van der Waals surface area contributed by atoms with E-state index in [0.717, 1.165) is 5.56 Å². The van der Waals surface area contributed by atoms with E-state index in [2.05, 4.69) is 20.7 Å². The van der Waals surface area contributed by atoms with Crippen molar-refractivity contribution in [3.63, 3.8) is 0 Å². The van der Waals surface area contributed by atoms with Gasteiger partial charge in [0.05, 0.1) is 23.6 Å². The summed E-state index contributed by atoms with van der Waals surface area (Å²) in [5.41, 5.74) is 0.577. The van der Waals surface area contributed by atoms with Crippen LogP contribution < -0.4 is 4.72 Å². The largest absolute Gasteiger partial charge is 0.392 e. The van der Waals surface area contributed by atoms with Gasteiger partial charge in [-0.05, 0) is 53.9 Å². The number of nitrogens with one attached hydrogen (secondary N) is 1. The van der Waals surface area contributed by atoms with E-state index in [1.807, 2.05) is 0 Å². The Balaban J connectivity index is 3.25. The summed E-state index contributed by atoms with van der Waals surface area (Å²) in [6.07, 6.45) is 0. The third-order valence-electron chi connectivity index (χ3n) is 2.67. The van der Waals surface area contributed by atoms with Crippen LogP contribution in [0, 0.1) is 6.92 Å². The first-order chi connectivity index (χ1) is 9.13. The van der Waals surface area contributed by atoms with Crippen LogP contribution in [0.3, 0.4) is 0 Å². The number of methoxy groups -OCH3 is 1. The van der Waals surface area contributed by atoms with Crippen LogP contribution in [0.5, 0.6) is 0 Å². The minimum absolute atomic E-state index is 0.116. The topological polar surface area (TPSA) is 75.6 Å². The van der Waals surface area contributed by atoms with Gasteiger partial charge in [-0.2, -0.15) is 0 Å². The van der Waals surface area contributed by atoms with Gasteiger partial charge in [0.15, 0.2) is 0 Å². The molecule has 0 radical (unpaired) electrons. The van der Waals surface area contributed by atoms with Gasteiger partial charge >= 0.3 is 0 Å². The van der Waals surface area contributed by atoms with Crippen molar-refractivity contribution in [2.45, 2.75) is 37.8 Å². The molecular formula is C13H20BrNO4S. The van der Waals surface area contributed by atoms with Crippen LogP contribution in [-0.4, -0.2) is 32.8 Å². The van der Waals surface area contributed by atoms with Gasteiger partial charge in [-0.15, -0.1) is 0 Å². The van der Waals surface area contributed by atoms with E-state index >= 15 is 0 Å². The van der Waals surface area contributed by atoms with Crippen molar-refractivity contribution in [3.8, 4) is 0 Å². The number of aliphatic hydroxyl groups excluding tert-OH is 1. The van der Waals surface area contributed by atoms with E-state index in [0.29, 0.717) is 10.0 Å². The molecule has 1 aromatic rings. The maximum Gasteiger partial charge on any atom is 0.242 e. The van der Waals surface area contributed by atoms with Crippen molar-refractivity contribution in [2.24, 2.45) is 0 Å². The normalized spacial score (nSPS) is 12.7. The highest BCUT2D eigenvalue weighted by molar-refractivity contribution is 9.10. The first-order valence-electron chi connectivity index (χ1n) is 6.06. The second-order valence-corrected chi connectivity index (χ2v) is 7.75. The monoisotopic (exact) mass is 365 g/mol. The van der Waals surface area contributed by atoms with Crippen LogP contribution in [0.15, 0.2) is 21.5 Å². The van der Waals surface area contributed by atoms with Crippen LogP contribution in [0.2, 0.25) is 0 Å². The van der Waals surface area contributed by atoms with E-state index in [1.54, 1.807) is 26.8 Å². The Morgan fingerprint density at radius 1 is 1.40 bits per heavy atom. The predicted molar refractivity (Wildman–Crippen MR) is 81.1 cm³/mol. The molecule has 2 N–H and O–H groups in total. The van der Waals surface area contributed by atoms with Gasteiger partial charge in [0.1, 0.15) is 0 Å². The molecule has 5 nitrogen and oxygen atoms in total. The second kappa shape index (κ2) is 6.53. The summed E-state index contributed by atoms with van der Waals surface area (Å²) in [7, 11) is -2.20. The molecular weight excluding hydrogens is 346 g/mol. The SMILES string of the molecule is COCC(C)(C)NS(=O)(=O)c1cc(CO)cc(C)c1Br. The van der Waals surface area contributed by atoms with Crippen molar-refractivity contribution < 1.29 is 18.3 Å². The Morgan fingerprint density at radius 2 is 2.00 bits per heavy atom. The number of aliphatic hydroxyl groups is 1. The molecule has 20 heavy (non-hydrogen) atoms. The number of ether oxygens (including phenoxy) is 1. The van der Waals surface area contributed by atoms with Gasteiger partial charge < -0.3 is 9.84 Å². The number of halogens is 1. The quantitative estimate of drug-likeness (QED) is 0.807. The molecule has 0 aliphatic carbocycles. The molecule has 0 heterocycles. The number of rotatable bonds is 6. The molecule has 0 aliphatic rings. The van der Waals surface area contributed by atoms with Gasteiger partial charge in [0.2, 0.25) is 10.0 Å². The molecule has 114 valence electrons. The summed E-state index contributed by atoms with van der Waals surface area (Å²) < 4.78 is 33.1. The third kappa shape index (κ3) is 4.26. The Bertz CT molecular complexity index is 584. The molecule has 1 aromatic carbocycles. The molecule has 0 bridgehead atoms. The van der Waals surface area contributed by atoms with Crippen molar-refractivity contribution in [1.82, 2.24) is 4.72 Å². The summed E-state index contributed by atoms with van der Waals surface area (Å²) in [4.78, 5) is 0.116. The highest BCUT2D eigenvalue weighted by Crippen LogP contribution is 2.28. The zero-order chi connectivity index (χ0) is 15.6. The predicted octanol–water partition coefficient (Wildman–Crippen LogP) is 1.95. The average molecular weight is 366 g/mol. The van der Waals surface area contributed by atoms with Gasteiger partial charge in [-0.25, -0.2) is 13.1 Å². The fourth-order valence-electron chi connectivity index (χ4n) is 1.91. The van der Waals surface area contributed by atoms with Crippen molar-refractivity contribution in [3.05, 3.63) is 27.7 Å². The van der Waals surface area contributed by atoms with Gasteiger partial charge in [-0.3, -0.25) is 0 Å². The second-order valence-electron chi connectivity index (χ2n) is 5.31. The number of aryl methyl sites for hydroxylation is 1. The summed E-state index contributed by atoms with van der Waals surface area (Å²) in [5.74, 6) is 0. The minimum atomic E-state index is -3.71. The lowest BCUT2D eigenvalue weighted by Gasteiger charge is -2.25. The van der Waals surface area contributed by atoms with Crippen molar-refractivity contribution in [1.29, 1.82) is 0 Å². The van der Waals surface area contributed by atoms with E-state index in [1.165, 1.54) is 13.2 Å². The molecule has 0 unspecified atom stereocenters. The highest BCUT2D eigenvalue weighted by atomic mass is 79.9. The fraction of sp³-hybridized carbons (Fsp3) is 0.538. The Hall–Kier alpha value is -0.470. The van der Waals surface area contributed by atoms with E-state index in [9.17, 15) is 13.5 Å². The number of hydrogen-bond acceptors (Lipinski definition) is 4. The molecule has 0 saturated carbocycles. The van der Waals surface area contributed by atoms with Gasteiger partial charge in [0.25, 0.3) is 0 Å². The molecule has 0 spiro atoms. The van der Waals surface area contributed by atoms with Crippen LogP contribution in [0.1, 0.15) is 25.0 Å². The number of sulfonamides is 1. The standard InChI is InChI=1S/C13H20BrNO4S/c1-9-5-10(7-16)6-11(12(9)14)20(17,18)15-13(2,3)8-19-4/h5-6,15-16H,7-8H2,1-4H3. The van der Waals surface area contributed by atoms with E-state index in [4.69, 9.17) is 4.74 Å². The molecule has 0 amide bonds. The molecule has 7 heteroatoms. The Morgan fingerprint density at radius 3 is 2.50 bits per heavy atom. The smallest absolute Gasteiger partial charge is 0.242 e. The van der Waals surface area contributed by atoms with Crippen LogP contribution in [-0.2, 0) is 21.4 Å². The van der Waals surface area contributed by atoms with Crippen LogP contribution in [0.4, 0.5) is 0 Å². The number of benzene rings is 1. The zero-order valence-electron chi connectivity index (χ0n) is 12.0. The van der Waals surface area contributed by atoms with Crippen LogP contribution >= 0.6 is 15.9 Å². The molecule has 0 saturated heterocycles. The highest BCUT2D eigenvalue weighted by Gasteiger charge is 2.28. The summed E-state index contributed by atoms with van der Waals surface area (Å²) in [6, 6.07) is 3.20. The Labute approximate surface area is 128 Å². The zero-order valence-corrected chi connectivity index (χ0v) is 14.4. The lowest BCUT2D eigenvalue weighted by atomic mass is 10.1. The first-order valence-corrected chi connectivity index (χ1v) is 8.33. The molecule has 0 aliphatic heterocycles. The first kappa shape index (κ1) is 17.6. The van der Waals surface area contributed by atoms with E-state index < -0.39 is 15.6 Å². The summed E-state index contributed by atoms with van der Waals surface area (Å²) in [5, 5.41) is 9.21. The maximum absolute atomic E-state index is 12.5. The maximum atomic E-state index is 12.5. The molecule has 0 aromatic heterocycles. The third-order valence-corrected chi connectivity index (χ3v) is 5.71. The Kier molecular flexibility index (Phi) is 5.74. The molecule has 1 rings (SSSR count). The van der Waals surface area contributed by atoms with Gasteiger partial charge in [0, 0.05) is 11.6 Å². The molecule has 0 fully saturated rings. The van der Waals surface area contributed by atoms with E-state index in [-0.39, 0.29) is 18.1 Å². The number of hydrogen-bond donors (Lipinski definition) is 2. The van der Waals surface area contributed by atoms with Crippen LogP contribution in [0.25, 0.3) is 0 Å². The summed E-state index contributed by atoms with van der Waals surface area (Å²) in [6.45, 7) is 5.30. The lowest BCUT2D eigenvalue weighted by Crippen LogP contribution is -2.46. The molecule has 0 atom stereocenters.